The molecule has 6 rings (SSSR count). The highest BCUT2D eigenvalue weighted by Crippen LogP contribution is 2.40. The van der Waals surface area contributed by atoms with Crippen LogP contribution in [0.15, 0.2) is 36.9 Å². The number of anilines is 3. The standard InChI is InChI=1S/C25H23F2N7O2/c26-19-5-14(6-28)1-4-20(19)33-23-21(27)24(32-13-31-23)36-22-17-9-34(10-18(22)12-35-11-17)25-29-7-16(8-30-25)15-2-3-15/h1,4-5,7-8,13,15,17-18,22H,2-3,9-12H2,(H,31,32,33). The van der Waals surface area contributed by atoms with Crippen LogP contribution in [0, 0.1) is 34.8 Å². The van der Waals surface area contributed by atoms with Crippen molar-refractivity contribution < 1.29 is 18.3 Å². The van der Waals surface area contributed by atoms with Crippen molar-refractivity contribution in [2.75, 3.05) is 36.5 Å². The second-order valence-corrected chi connectivity index (χ2v) is 9.41. The summed E-state index contributed by atoms with van der Waals surface area (Å²) in [5.74, 6) is -0.728. The SMILES string of the molecule is N#Cc1ccc(Nc2ncnc(OC3C4COCC3CN(c3ncc(C5CC5)cn3)C4)c2F)c(F)c1. The zero-order chi connectivity index (χ0) is 24.6. The molecule has 184 valence electrons. The largest absolute Gasteiger partial charge is 0.471 e. The zero-order valence-electron chi connectivity index (χ0n) is 19.3. The van der Waals surface area contributed by atoms with Crippen molar-refractivity contribution in [2.45, 2.75) is 24.9 Å². The number of benzene rings is 1. The van der Waals surface area contributed by atoms with E-state index >= 15 is 4.39 Å². The van der Waals surface area contributed by atoms with Crippen molar-refractivity contribution in [3.05, 3.63) is 59.7 Å². The Bertz CT molecular complexity index is 1300. The number of hydrogen-bond acceptors (Lipinski definition) is 9. The number of hydrogen-bond donors (Lipinski definition) is 1. The first-order chi connectivity index (χ1) is 17.6. The summed E-state index contributed by atoms with van der Waals surface area (Å²) in [4.78, 5) is 19.2. The van der Waals surface area contributed by atoms with Crippen molar-refractivity contribution in [1.29, 1.82) is 5.26 Å². The number of aromatic nitrogens is 4. The Labute approximate surface area is 206 Å². The van der Waals surface area contributed by atoms with Gasteiger partial charge in [0.1, 0.15) is 18.2 Å². The lowest BCUT2D eigenvalue weighted by molar-refractivity contribution is -0.0780. The molecule has 0 radical (unpaired) electrons. The topological polar surface area (TPSA) is 109 Å². The van der Waals surface area contributed by atoms with Crippen LogP contribution >= 0.6 is 0 Å². The summed E-state index contributed by atoms with van der Waals surface area (Å²) in [7, 11) is 0. The minimum Gasteiger partial charge on any atom is -0.471 e. The molecule has 3 fully saturated rings. The van der Waals surface area contributed by atoms with Crippen LogP contribution in [0.25, 0.3) is 0 Å². The number of rotatable bonds is 6. The predicted octanol–water partition coefficient (Wildman–Crippen LogP) is 3.57. The molecule has 2 aromatic heterocycles. The second kappa shape index (κ2) is 9.28. The minimum atomic E-state index is -0.818. The number of fused-ring (bicyclic) bond motifs is 2. The fourth-order valence-electron chi connectivity index (χ4n) is 4.84. The molecule has 2 bridgehead atoms. The summed E-state index contributed by atoms with van der Waals surface area (Å²) in [5.41, 5.74) is 1.34. The van der Waals surface area contributed by atoms with E-state index in [1.807, 2.05) is 18.5 Å². The molecule has 36 heavy (non-hydrogen) atoms. The van der Waals surface area contributed by atoms with Gasteiger partial charge in [-0.1, -0.05) is 0 Å². The van der Waals surface area contributed by atoms with E-state index in [2.05, 4.69) is 30.2 Å². The van der Waals surface area contributed by atoms with Gasteiger partial charge in [-0.15, -0.1) is 0 Å². The molecule has 0 amide bonds. The molecule has 2 atom stereocenters. The molecule has 1 N–H and O–H groups in total. The maximum Gasteiger partial charge on any atom is 0.256 e. The highest BCUT2D eigenvalue weighted by Gasteiger charge is 2.43. The van der Waals surface area contributed by atoms with Gasteiger partial charge in [0.15, 0.2) is 5.82 Å². The van der Waals surface area contributed by atoms with Crippen LogP contribution in [0.5, 0.6) is 5.88 Å². The van der Waals surface area contributed by atoms with Crippen LogP contribution in [-0.2, 0) is 4.74 Å². The molecule has 3 aliphatic rings. The van der Waals surface area contributed by atoms with E-state index < -0.39 is 11.6 Å². The summed E-state index contributed by atoms with van der Waals surface area (Å²) in [6, 6.07) is 5.71. The normalized spacial score (nSPS) is 23.1. The lowest BCUT2D eigenvalue weighted by atomic mass is 9.84. The third kappa shape index (κ3) is 4.40. The highest BCUT2D eigenvalue weighted by molar-refractivity contribution is 5.59. The summed E-state index contributed by atoms with van der Waals surface area (Å²) >= 11 is 0. The molecule has 2 saturated heterocycles. The van der Waals surface area contributed by atoms with Crippen molar-refractivity contribution in [3.63, 3.8) is 0 Å². The third-order valence-corrected chi connectivity index (χ3v) is 6.85. The maximum absolute atomic E-state index is 15.3. The number of piperidine rings is 1. The lowest BCUT2D eigenvalue weighted by Gasteiger charge is -2.46. The van der Waals surface area contributed by atoms with E-state index in [1.165, 1.54) is 36.9 Å². The molecule has 0 spiro atoms. The summed E-state index contributed by atoms with van der Waals surface area (Å²) < 4.78 is 41.4. The van der Waals surface area contributed by atoms with Gasteiger partial charge in [0.05, 0.1) is 30.5 Å². The molecular formula is C25H23F2N7O2. The Kier molecular flexibility index (Phi) is 5.81. The van der Waals surface area contributed by atoms with Gasteiger partial charge < -0.3 is 19.7 Å². The molecule has 1 saturated carbocycles. The summed E-state index contributed by atoms with van der Waals surface area (Å²) in [6.45, 7) is 2.15. The predicted molar refractivity (Wildman–Crippen MR) is 125 cm³/mol. The fraction of sp³-hybridized carbons (Fsp3) is 0.400. The average molecular weight is 492 g/mol. The smallest absolute Gasteiger partial charge is 0.256 e. The molecule has 2 unspecified atom stereocenters. The van der Waals surface area contributed by atoms with Gasteiger partial charge in [0.25, 0.3) is 5.88 Å². The Morgan fingerprint density at radius 2 is 1.81 bits per heavy atom. The second-order valence-electron chi connectivity index (χ2n) is 9.41. The molecule has 3 aromatic rings. The molecule has 9 nitrogen and oxygen atoms in total. The Morgan fingerprint density at radius 3 is 2.47 bits per heavy atom. The Morgan fingerprint density at radius 1 is 1.06 bits per heavy atom. The van der Waals surface area contributed by atoms with Crippen molar-refractivity contribution in [3.8, 4) is 11.9 Å². The Hall–Kier alpha value is -3.91. The highest BCUT2D eigenvalue weighted by atomic mass is 19.1. The maximum atomic E-state index is 15.3. The van der Waals surface area contributed by atoms with Gasteiger partial charge in [-0.05, 0) is 42.5 Å². The third-order valence-electron chi connectivity index (χ3n) is 6.85. The van der Waals surface area contributed by atoms with Crippen molar-refractivity contribution in [2.24, 2.45) is 11.8 Å². The van der Waals surface area contributed by atoms with E-state index in [4.69, 9.17) is 14.7 Å². The Balaban J connectivity index is 1.18. The van der Waals surface area contributed by atoms with Crippen molar-refractivity contribution >= 4 is 17.5 Å². The fourth-order valence-corrected chi connectivity index (χ4v) is 4.84. The number of halogens is 2. The summed E-state index contributed by atoms with van der Waals surface area (Å²) in [6.07, 6.45) is 7.08. The van der Waals surface area contributed by atoms with E-state index in [0.29, 0.717) is 38.2 Å². The average Bonchev–Trinajstić information content (AvgIpc) is 3.73. The van der Waals surface area contributed by atoms with Crippen LogP contribution in [0.1, 0.15) is 29.9 Å². The van der Waals surface area contributed by atoms with E-state index in [1.54, 1.807) is 0 Å². The van der Waals surface area contributed by atoms with E-state index in [9.17, 15) is 4.39 Å². The van der Waals surface area contributed by atoms with Crippen molar-refractivity contribution in [1.82, 2.24) is 19.9 Å². The van der Waals surface area contributed by atoms with E-state index in [0.717, 1.165) is 6.07 Å². The molecule has 11 heteroatoms. The molecular weight excluding hydrogens is 468 g/mol. The molecule has 2 aliphatic heterocycles. The first-order valence-electron chi connectivity index (χ1n) is 11.9. The number of nitrogens with zero attached hydrogens (tertiary/aromatic N) is 6. The van der Waals surface area contributed by atoms with Crippen LogP contribution in [0.4, 0.5) is 26.2 Å². The molecule has 1 aromatic carbocycles. The first kappa shape index (κ1) is 22.5. The van der Waals surface area contributed by atoms with Crippen LogP contribution in [-0.4, -0.2) is 52.3 Å². The van der Waals surface area contributed by atoms with Crippen LogP contribution < -0.4 is 15.0 Å². The summed E-state index contributed by atoms with van der Waals surface area (Å²) in [5, 5.41) is 11.5. The monoisotopic (exact) mass is 491 g/mol. The number of nitriles is 1. The quantitative estimate of drug-likeness (QED) is 0.553. The van der Waals surface area contributed by atoms with Gasteiger partial charge in [-0.25, -0.2) is 19.3 Å². The van der Waals surface area contributed by atoms with Gasteiger partial charge >= 0.3 is 0 Å². The minimum absolute atomic E-state index is 0.0103. The molecule has 4 heterocycles. The number of nitrogens with one attached hydrogen (secondary N) is 1. The van der Waals surface area contributed by atoms with Gasteiger partial charge in [-0.2, -0.15) is 14.6 Å². The first-order valence-corrected chi connectivity index (χ1v) is 11.9. The van der Waals surface area contributed by atoms with Crippen LogP contribution in [0.3, 0.4) is 0 Å². The zero-order valence-corrected chi connectivity index (χ0v) is 19.3. The van der Waals surface area contributed by atoms with Gasteiger partial charge in [-0.3, -0.25) is 0 Å². The number of ether oxygens (including phenoxy) is 2. The lowest BCUT2D eigenvalue weighted by Crippen LogP contribution is -2.58. The van der Waals surface area contributed by atoms with Gasteiger partial charge in [0.2, 0.25) is 11.8 Å². The van der Waals surface area contributed by atoms with E-state index in [-0.39, 0.29) is 40.9 Å². The van der Waals surface area contributed by atoms with Gasteiger partial charge in [0, 0.05) is 37.3 Å². The van der Waals surface area contributed by atoms with Crippen LogP contribution in [0.2, 0.25) is 0 Å². The molecule has 1 aliphatic carbocycles.